The highest BCUT2D eigenvalue weighted by Crippen LogP contribution is 2.32. The summed E-state index contributed by atoms with van der Waals surface area (Å²) in [6.45, 7) is 11.6. The number of aliphatic imine (C=N–C) groups is 1. The van der Waals surface area contributed by atoms with Crippen LogP contribution >= 0.6 is 0 Å². The number of piperazine rings is 1. The Balaban J connectivity index is 1.30. The Hall–Kier alpha value is -2.68. The van der Waals surface area contributed by atoms with Gasteiger partial charge in [0.1, 0.15) is 5.60 Å². The molecule has 9 nitrogen and oxygen atoms in total. The van der Waals surface area contributed by atoms with Crippen LogP contribution in [0.1, 0.15) is 32.8 Å². The van der Waals surface area contributed by atoms with Gasteiger partial charge in [-0.2, -0.15) is 0 Å². The number of fused-ring (bicyclic) bond motifs is 1. The van der Waals surface area contributed by atoms with Gasteiger partial charge in [-0.1, -0.05) is 6.07 Å². The summed E-state index contributed by atoms with van der Waals surface area (Å²) < 4.78 is 16.2. The minimum atomic E-state index is -0.449. The Labute approximate surface area is 184 Å². The lowest BCUT2D eigenvalue weighted by Gasteiger charge is -2.35. The van der Waals surface area contributed by atoms with Crippen molar-refractivity contribution in [3.05, 3.63) is 23.8 Å². The third kappa shape index (κ3) is 7.20. The number of hydrogen-bond donors (Lipinski definition) is 2. The molecule has 172 valence electrons. The molecule has 3 rings (SSSR count). The molecule has 2 heterocycles. The van der Waals surface area contributed by atoms with E-state index in [1.54, 1.807) is 11.9 Å². The number of hydrogen-bond acceptors (Lipinski definition) is 6. The quantitative estimate of drug-likeness (QED) is 0.403. The van der Waals surface area contributed by atoms with Gasteiger partial charge in [0, 0.05) is 46.3 Å². The number of nitrogens with zero attached hydrogens (tertiary/aromatic N) is 3. The average Bonchev–Trinajstić information content (AvgIpc) is 3.20. The molecule has 2 aliphatic heterocycles. The van der Waals surface area contributed by atoms with Gasteiger partial charge in [0.15, 0.2) is 17.5 Å². The van der Waals surface area contributed by atoms with Crippen LogP contribution in [0, 0.1) is 0 Å². The first-order chi connectivity index (χ1) is 14.8. The first-order valence-corrected chi connectivity index (χ1v) is 10.9. The van der Waals surface area contributed by atoms with Crippen molar-refractivity contribution in [1.29, 1.82) is 0 Å². The molecule has 0 saturated carbocycles. The minimum Gasteiger partial charge on any atom is -0.454 e. The Morgan fingerprint density at radius 2 is 1.87 bits per heavy atom. The van der Waals surface area contributed by atoms with E-state index in [-0.39, 0.29) is 12.9 Å². The van der Waals surface area contributed by atoms with Crippen LogP contribution in [0.15, 0.2) is 23.2 Å². The van der Waals surface area contributed by atoms with Gasteiger partial charge in [-0.3, -0.25) is 9.89 Å². The van der Waals surface area contributed by atoms with E-state index in [4.69, 9.17) is 14.2 Å². The molecule has 0 unspecified atom stereocenters. The van der Waals surface area contributed by atoms with Crippen molar-refractivity contribution in [2.45, 2.75) is 39.3 Å². The summed E-state index contributed by atoms with van der Waals surface area (Å²) in [5, 5.41) is 6.68. The molecular formula is C22H35N5O4. The molecule has 0 aromatic heterocycles. The van der Waals surface area contributed by atoms with Crippen LogP contribution in [0.2, 0.25) is 0 Å². The molecule has 0 aliphatic carbocycles. The van der Waals surface area contributed by atoms with Crippen LogP contribution in [0.25, 0.3) is 0 Å². The van der Waals surface area contributed by atoms with E-state index in [0.717, 1.165) is 55.6 Å². The lowest BCUT2D eigenvalue weighted by Crippen LogP contribution is -2.50. The fourth-order valence-corrected chi connectivity index (χ4v) is 3.45. The van der Waals surface area contributed by atoms with Crippen molar-refractivity contribution in [3.8, 4) is 11.5 Å². The van der Waals surface area contributed by atoms with Gasteiger partial charge in [0.2, 0.25) is 6.79 Å². The van der Waals surface area contributed by atoms with E-state index in [2.05, 4.69) is 20.5 Å². The van der Waals surface area contributed by atoms with Crippen LogP contribution in [0.4, 0.5) is 4.79 Å². The largest absolute Gasteiger partial charge is 0.454 e. The maximum absolute atomic E-state index is 12.2. The molecule has 1 fully saturated rings. The molecule has 9 heteroatoms. The van der Waals surface area contributed by atoms with Gasteiger partial charge in [-0.05, 0) is 51.4 Å². The molecule has 1 aromatic carbocycles. The number of carbonyl (C=O) groups excluding carboxylic acids is 1. The van der Waals surface area contributed by atoms with Crippen LogP contribution < -0.4 is 20.1 Å². The third-order valence-corrected chi connectivity index (χ3v) is 5.09. The maximum Gasteiger partial charge on any atom is 0.410 e. The molecular weight excluding hydrogens is 398 g/mol. The van der Waals surface area contributed by atoms with Crippen LogP contribution in [-0.2, 0) is 11.3 Å². The summed E-state index contributed by atoms with van der Waals surface area (Å²) in [6.07, 6.45) is 0.781. The predicted octanol–water partition coefficient (Wildman–Crippen LogP) is 2.02. The second kappa shape index (κ2) is 10.6. The van der Waals surface area contributed by atoms with Crippen LogP contribution in [0.3, 0.4) is 0 Å². The zero-order valence-electron chi connectivity index (χ0n) is 19.1. The number of benzene rings is 1. The molecule has 0 bridgehead atoms. The Bertz CT molecular complexity index is 770. The van der Waals surface area contributed by atoms with E-state index in [1.807, 2.05) is 39.0 Å². The number of ether oxygens (including phenoxy) is 3. The van der Waals surface area contributed by atoms with Crippen molar-refractivity contribution in [2.75, 3.05) is 53.1 Å². The number of guanidine groups is 1. The summed E-state index contributed by atoms with van der Waals surface area (Å²) in [5.74, 6) is 2.35. The smallest absolute Gasteiger partial charge is 0.410 e. The molecule has 1 saturated heterocycles. The molecule has 0 atom stereocenters. The van der Waals surface area contributed by atoms with E-state index in [0.29, 0.717) is 19.6 Å². The van der Waals surface area contributed by atoms with Crippen molar-refractivity contribution in [2.24, 2.45) is 4.99 Å². The maximum atomic E-state index is 12.2. The summed E-state index contributed by atoms with van der Waals surface area (Å²) in [7, 11) is 1.77. The van der Waals surface area contributed by atoms with Gasteiger partial charge < -0.3 is 29.7 Å². The first kappa shape index (κ1) is 23.0. The molecule has 31 heavy (non-hydrogen) atoms. The summed E-state index contributed by atoms with van der Waals surface area (Å²) in [6, 6.07) is 5.93. The molecule has 1 amide bonds. The lowest BCUT2D eigenvalue weighted by atomic mass is 10.2. The van der Waals surface area contributed by atoms with Crippen LogP contribution in [0.5, 0.6) is 11.5 Å². The molecule has 2 aliphatic rings. The highest BCUT2D eigenvalue weighted by atomic mass is 16.7. The Morgan fingerprint density at radius 1 is 1.13 bits per heavy atom. The van der Waals surface area contributed by atoms with E-state index >= 15 is 0 Å². The van der Waals surface area contributed by atoms with Crippen molar-refractivity contribution in [3.63, 3.8) is 0 Å². The minimum absolute atomic E-state index is 0.217. The molecule has 0 radical (unpaired) electrons. The van der Waals surface area contributed by atoms with E-state index in [1.165, 1.54) is 0 Å². The second-order valence-electron chi connectivity index (χ2n) is 8.70. The predicted molar refractivity (Wildman–Crippen MR) is 120 cm³/mol. The monoisotopic (exact) mass is 433 g/mol. The molecule has 2 N–H and O–H groups in total. The van der Waals surface area contributed by atoms with Crippen molar-refractivity contribution >= 4 is 12.1 Å². The topological polar surface area (TPSA) is 87.7 Å². The number of nitrogens with one attached hydrogen (secondary N) is 2. The van der Waals surface area contributed by atoms with Gasteiger partial charge in [-0.15, -0.1) is 0 Å². The highest BCUT2D eigenvalue weighted by molar-refractivity contribution is 5.79. The second-order valence-corrected chi connectivity index (χ2v) is 8.70. The zero-order chi connectivity index (χ0) is 22.3. The SMILES string of the molecule is CN=C(NCCCN1CCN(C(=O)OC(C)(C)C)CC1)NCc1ccc2c(c1)OCO2. The van der Waals surface area contributed by atoms with Crippen molar-refractivity contribution in [1.82, 2.24) is 20.4 Å². The standard InChI is InChI=1S/C22H35N5O4/c1-22(2,3)31-21(28)27-12-10-26(11-13-27)9-5-8-24-20(23-4)25-15-17-6-7-18-19(14-17)30-16-29-18/h6-7,14H,5,8-13,15-16H2,1-4H3,(H2,23,24,25). The normalized spacial score (nSPS) is 16.9. The molecule has 1 aromatic rings. The summed E-state index contributed by atoms with van der Waals surface area (Å²) >= 11 is 0. The molecule has 0 spiro atoms. The van der Waals surface area contributed by atoms with Gasteiger partial charge in [0.05, 0.1) is 0 Å². The highest BCUT2D eigenvalue weighted by Gasteiger charge is 2.25. The fourth-order valence-electron chi connectivity index (χ4n) is 3.45. The van der Waals surface area contributed by atoms with Crippen molar-refractivity contribution < 1.29 is 19.0 Å². The zero-order valence-corrected chi connectivity index (χ0v) is 19.1. The van der Waals surface area contributed by atoms with Gasteiger partial charge >= 0.3 is 6.09 Å². The van der Waals surface area contributed by atoms with Gasteiger partial charge in [0.25, 0.3) is 0 Å². The Morgan fingerprint density at radius 3 is 2.58 bits per heavy atom. The van der Waals surface area contributed by atoms with E-state index in [9.17, 15) is 4.79 Å². The van der Waals surface area contributed by atoms with E-state index < -0.39 is 5.60 Å². The number of carbonyl (C=O) groups is 1. The van der Waals surface area contributed by atoms with Crippen LogP contribution in [-0.4, -0.2) is 80.6 Å². The first-order valence-electron chi connectivity index (χ1n) is 10.9. The summed E-state index contributed by atoms with van der Waals surface area (Å²) in [4.78, 5) is 20.6. The number of rotatable bonds is 6. The Kier molecular flexibility index (Phi) is 7.84. The number of amides is 1. The third-order valence-electron chi connectivity index (χ3n) is 5.09. The lowest BCUT2D eigenvalue weighted by molar-refractivity contribution is 0.0145. The van der Waals surface area contributed by atoms with Gasteiger partial charge in [-0.25, -0.2) is 4.79 Å². The summed E-state index contributed by atoms with van der Waals surface area (Å²) in [5.41, 5.74) is 0.657. The average molecular weight is 434 g/mol. The fraction of sp³-hybridized carbons (Fsp3) is 0.636.